The number of nitrogens with zero attached hydrogens (tertiary/aromatic N) is 2. The van der Waals surface area contributed by atoms with E-state index in [0.29, 0.717) is 17.0 Å². The van der Waals surface area contributed by atoms with E-state index >= 15 is 0 Å². The van der Waals surface area contributed by atoms with E-state index < -0.39 is 11.9 Å². The SMILES string of the molecule is CN1CCCC(C2=Nc3ccccc3C(=O)C2C(=O)O)C1. The minimum absolute atomic E-state index is 0.0437. The Labute approximate surface area is 123 Å². The van der Waals surface area contributed by atoms with Crippen molar-refractivity contribution in [2.24, 2.45) is 16.8 Å². The summed E-state index contributed by atoms with van der Waals surface area (Å²) in [6.07, 6.45) is 1.89. The highest BCUT2D eigenvalue weighted by Gasteiger charge is 2.40. The predicted octanol–water partition coefficient (Wildman–Crippen LogP) is 2.00. The van der Waals surface area contributed by atoms with Crippen LogP contribution in [0, 0.1) is 11.8 Å². The number of Topliss-reactive ketones (excluding diaryl/α,β-unsaturated/α-hetero) is 1. The summed E-state index contributed by atoms with van der Waals surface area (Å²) in [6, 6.07) is 6.99. The molecule has 0 aliphatic carbocycles. The lowest BCUT2D eigenvalue weighted by atomic mass is 9.80. The molecule has 0 radical (unpaired) electrons. The van der Waals surface area contributed by atoms with Crippen molar-refractivity contribution in [3.8, 4) is 0 Å². The van der Waals surface area contributed by atoms with Crippen molar-refractivity contribution < 1.29 is 14.7 Å². The number of piperidine rings is 1. The van der Waals surface area contributed by atoms with Crippen LogP contribution in [0.3, 0.4) is 0 Å². The van der Waals surface area contributed by atoms with Gasteiger partial charge in [-0.2, -0.15) is 0 Å². The highest BCUT2D eigenvalue weighted by molar-refractivity contribution is 6.27. The van der Waals surface area contributed by atoms with Crippen molar-refractivity contribution >= 4 is 23.2 Å². The van der Waals surface area contributed by atoms with E-state index in [1.54, 1.807) is 18.2 Å². The second-order valence-corrected chi connectivity index (χ2v) is 5.79. The molecule has 3 rings (SSSR count). The van der Waals surface area contributed by atoms with Crippen molar-refractivity contribution in [1.82, 2.24) is 4.90 Å². The van der Waals surface area contributed by atoms with E-state index in [1.807, 2.05) is 13.1 Å². The number of benzene rings is 1. The second-order valence-electron chi connectivity index (χ2n) is 5.79. The maximum absolute atomic E-state index is 12.5. The molecule has 1 aromatic rings. The number of carboxylic acids is 1. The van der Waals surface area contributed by atoms with Crippen molar-refractivity contribution in [1.29, 1.82) is 0 Å². The third-order valence-corrected chi connectivity index (χ3v) is 4.27. The monoisotopic (exact) mass is 286 g/mol. The molecule has 2 unspecified atom stereocenters. The summed E-state index contributed by atoms with van der Waals surface area (Å²) in [4.78, 5) is 30.8. The highest BCUT2D eigenvalue weighted by Crippen LogP contribution is 2.33. The first kappa shape index (κ1) is 13.9. The van der Waals surface area contributed by atoms with E-state index in [9.17, 15) is 14.7 Å². The van der Waals surface area contributed by atoms with Gasteiger partial charge in [0.15, 0.2) is 11.7 Å². The van der Waals surface area contributed by atoms with Crippen molar-refractivity contribution in [2.45, 2.75) is 12.8 Å². The van der Waals surface area contributed by atoms with Gasteiger partial charge in [-0.05, 0) is 38.6 Å². The first-order valence-electron chi connectivity index (χ1n) is 7.21. The van der Waals surface area contributed by atoms with Crippen LogP contribution in [0.4, 0.5) is 5.69 Å². The number of hydrogen-bond donors (Lipinski definition) is 1. The van der Waals surface area contributed by atoms with Gasteiger partial charge >= 0.3 is 5.97 Å². The molecule has 5 heteroatoms. The summed E-state index contributed by atoms with van der Waals surface area (Å²) >= 11 is 0. The van der Waals surface area contributed by atoms with Gasteiger partial charge in [-0.25, -0.2) is 0 Å². The second kappa shape index (κ2) is 5.41. The third-order valence-electron chi connectivity index (χ3n) is 4.27. The molecule has 110 valence electrons. The first-order valence-corrected chi connectivity index (χ1v) is 7.21. The van der Waals surface area contributed by atoms with Gasteiger partial charge in [0, 0.05) is 23.7 Å². The Balaban J connectivity index is 2.05. The molecular formula is C16H18N2O3. The summed E-state index contributed by atoms with van der Waals surface area (Å²) in [5.41, 5.74) is 1.54. The lowest BCUT2D eigenvalue weighted by Gasteiger charge is -2.33. The molecule has 21 heavy (non-hydrogen) atoms. The fraction of sp³-hybridized carbons (Fsp3) is 0.438. The highest BCUT2D eigenvalue weighted by atomic mass is 16.4. The minimum Gasteiger partial charge on any atom is -0.480 e. The van der Waals surface area contributed by atoms with Crippen LogP contribution in [0.1, 0.15) is 23.2 Å². The van der Waals surface area contributed by atoms with Gasteiger partial charge in [0.2, 0.25) is 0 Å². The average Bonchev–Trinajstić information content (AvgIpc) is 2.46. The Morgan fingerprint density at radius 1 is 1.38 bits per heavy atom. The average molecular weight is 286 g/mol. The zero-order valence-electron chi connectivity index (χ0n) is 12.0. The van der Waals surface area contributed by atoms with E-state index in [1.165, 1.54) is 0 Å². The molecule has 1 saturated heterocycles. The van der Waals surface area contributed by atoms with Crippen LogP contribution >= 0.6 is 0 Å². The van der Waals surface area contributed by atoms with E-state index in [2.05, 4.69) is 9.89 Å². The fourth-order valence-electron chi connectivity index (χ4n) is 3.25. The number of carbonyl (C=O) groups is 2. The lowest BCUT2D eigenvalue weighted by Crippen LogP contribution is -2.44. The fourth-order valence-corrected chi connectivity index (χ4v) is 3.25. The largest absolute Gasteiger partial charge is 0.480 e. The van der Waals surface area contributed by atoms with Crippen molar-refractivity contribution in [2.75, 3.05) is 20.1 Å². The molecule has 0 amide bonds. The van der Waals surface area contributed by atoms with Crippen LogP contribution in [0.15, 0.2) is 29.3 Å². The maximum Gasteiger partial charge on any atom is 0.320 e. The van der Waals surface area contributed by atoms with E-state index in [-0.39, 0.29) is 11.7 Å². The lowest BCUT2D eigenvalue weighted by molar-refractivity contribution is -0.138. The van der Waals surface area contributed by atoms with Gasteiger partial charge in [0.1, 0.15) is 0 Å². The summed E-state index contributed by atoms with van der Waals surface area (Å²) in [5.74, 6) is -2.52. The summed E-state index contributed by atoms with van der Waals surface area (Å²) in [5, 5.41) is 9.49. The minimum atomic E-state index is -1.13. The number of fused-ring (bicyclic) bond motifs is 1. The van der Waals surface area contributed by atoms with E-state index in [4.69, 9.17) is 0 Å². The van der Waals surface area contributed by atoms with Gasteiger partial charge < -0.3 is 10.0 Å². The van der Waals surface area contributed by atoms with Crippen LogP contribution < -0.4 is 0 Å². The van der Waals surface area contributed by atoms with Crippen LogP contribution in [0.5, 0.6) is 0 Å². The summed E-state index contributed by atoms with van der Waals surface area (Å²) < 4.78 is 0. The Bertz CT molecular complexity index is 624. The molecule has 2 aliphatic rings. The Hall–Kier alpha value is -2.01. The number of likely N-dealkylation sites (tertiary alicyclic amines) is 1. The first-order chi connectivity index (χ1) is 10.1. The molecule has 5 nitrogen and oxygen atoms in total. The Morgan fingerprint density at radius 2 is 2.14 bits per heavy atom. The molecule has 2 atom stereocenters. The van der Waals surface area contributed by atoms with Gasteiger partial charge in [-0.15, -0.1) is 0 Å². The summed E-state index contributed by atoms with van der Waals surface area (Å²) in [7, 11) is 2.01. The molecule has 0 aromatic heterocycles. The number of para-hydroxylation sites is 1. The predicted molar refractivity (Wildman–Crippen MR) is 79.2 cm³/mol. The Kier molecular flexibility index (Phi) is 3.59. The van der Waals surface area contributed by atoms with E-state index in [0.717, 1.165) is 25.9 Å². The molecule has 0 bridgehead atoms. The molecule has 0 spiro atoms. The molecule has 1 fully saturated rings. The van der Waals surface area contributed by atoms with Gasteiger partial charge in [-0.1, -0.05) is 12.1 Å². The third kappa shape index (κ3) is 2.49. The number of aliphatic carboxylic acids is 1. The topological polar surface area (TPSA) is 70.0 Å². The molecule has 1 aromatic carbocycles. The quantitative estimate of drug-likeness (QED) is 0.844. The normalized spacial score (nSPS) is 26.1. The number of carbonyl (C=O) groups excluding carboxylic acids is 1. The van der Waals surface area contributed by atoms with Crippen molar-refractivity contribution in [3.63, 3.8) is 0 Å². The van der Waals surface area contributed by atoms with Crippen LogP contribution in [-0.4, -0.2) is 47.6 Å². The number of aliphatic imine (C=N–C) groups is 1. The number of carboxylic acid groups (broad SMARTS) is 1. The molecule has 2 aliphatic heterocycles. The van der Waals surface area contributed by atoms with Crippen LogP contribution in [-0.2, 0) is 4.79 Å². The molecule has 2 heterocycles. The smallest absolute Gasteiger partial charge is 0.320 e. The molecule has 0 saturated carbocycles. The zero-order valence-corrected chi connectivity index (χ0v) is 12.0. The van der Waals surface area contributed by atoms with Crippen LogP contribution in [0.2, 0.25) is 0 Å². The maximum atomic E-state index is 12.5. The Morgan fingerprint density at radius 3 is 2.86 bits per heavy atom. The van der Waals surface area contributed by atoms with Crippen molar-refractivity contribution in [3.05, 3.63) is 29.8 Å². The number of hydrogen-bond acceptors (Lipinski definition) is 4. The number of rotatable bonds is 2. The van der Waals surface area contributed by atoms with Gasteiger partial charge in [-0.3, -0.25) is 14.6 Å². The van der Waals surface area contributed by atoms with Gasteiger partial charge in [0.05, 0.1) is 5.69 Å². The molecule has 1 N–H and O–H groups in total. The number of ketones is 1. The summed E-state index contributed by atoms with van der Waals surface area (Å²) in [6.45, 7) is 1.77. The molecular weight excluding hydrogens is 268 g/mol. The standard InChI is InChI=1S/C16H18N2O3/c1-18-8-4-5-10(9-18)14-13(16(20)21)15(19)11-6-2-3-7-12(11)17-14/h2-3,6-7,10,13H,4-5,8-9H2,1H3,(H,20,21). The zero-order chi connectivity index (χ0) is 15.0. The van der Waals surface area contributed by atoms with Gasteiger partial charge in [0.25, 0.3) is 0 Å². The van der Waals surface area contributed by atoms with Crippen LogP contribution in [0.25, 0.3) is 0 Å².